The molecular formula is C40H24N2. The first-order valence-corrected chi connectivity index (χ1v) is 13.9. The Bertz CT molecular complexity index is 1910. The van der Waals surface area contributed by atoms with Gasteiger partial charge < -0.3 is 0 Å². The molecule has 1 aliphatic carbocycles. The van der Waals surface area contributed by atoms with E-state index in [0.717, 1.165) is 66.8 Å². The van der Waals surface area contributed by atoms with Crippen molar-refractivity contribution < 1.29 is 0 Å². The summed E-state index contributed by atoms with van der Waals surface area (Å²) in [6, 6.07) is 54.6. The lowest BCUT2D eigenvalue weighted by atomic mass is 9.88. The molecule has 0 saturated carbocycles. The van der Waals surface area contributed by atoms with Crippen LogP contribution in [0, 0.1) is 22.7 Å². The molecular weight excluding hydrogens is 508 g/mol. The maximum Gasteiger partial charge on any atom is 0.138 e. The molecule has 0 spiro atoms. The van der Waals surface area contributed by atoms with E-state index in [9.17, 15) is 10.5 Å². The number of benzene rings is 6. The molecule has 6 aromatic carbocycles. The average Bonchev–Trinajstić information content (AvgIpc) is 3.38. The van der Waals surface area contributed by atoms with Crippen molar-refractivity contribution in [3.05, 3.63) is 162 Å². The van der Waals surface area contributed by atoms with Crippen molar-refractivity contribution >= 4 is 5.57 Å². The molecule has 2 heteroatoms. The fourth-order valence-corrected chi connectivity index (χ4v) is 6.04. The van der Waals surface area contributed by atoms with E-state index in [2.05, 4.69) is 109 Å². The lowest BCUT2D eigenvalue weighted by molar-refractivity contribution is 1.46. The molecule has 0 atom stereocenters. The minimum Gasteiger partial charge on any atom is -0.192 e. The number of fused-ring (bicyclic) bond motifs is 3. The predicted molar refractivity (Wildman–Crippen MR) is 171 cm³/mol. The lowest BCUT2D eigenvalue weighted by Gasteiger charge is -2.15. The molecule has 0 N–H and O–H groups in total. The van der Waals surface area contributed by atoms with E-state index >= 15 is 0 Å². The summed E-state index contributed by atoms with van der Waals surface area (Å²) in [5.41, 5.74) is 13.4. The first-order valence-electron chi connectivity index (χ1n) is 13.9. The molecule has 0 fully saturated rings. The van der Waals surface area contributed by atoms with Gasteiger partial charge in [0.25, 0.3) is 0 Å². The minimum absolute atomic E-state index is 0.118. The fourth-order valence-electron chi connectivity index (χ4n) is 6.04. The van der Waals surface area contributed by atoms with Crippen LogP contribution in [0.1, 0.15) is 11.1 Å². The van der Waals surface area contributed by atoms with Crippen LogP contribution in [0.5, 0.6) is 0 Å². The molecule has 0 aliphatic heterocycles. The number of nitrogens with zero attached hydrogens (tertiary/aromatic N) is 2. The molecule has 0 bridgehead atoms. The quantitative estimate of drug-likeness (QED) is 0.212. The maximum atomic E-state index is 10.1. The highest BCUT2D eigenvalue weighted by Crippen LogP contribution is 2.52. The van der Waals surface area contributed by atoms with Crippen LogP contribution in [-0.2, 0) is 0 Å². The van der Waals surface area contributed by atoms with Crippen LogP contribution in [-0.4, -0.2) is 0 Å². The standard InChI is InChI=1S/C40H24N2/c41-25-31(26-42)40-38-23-34(29-17-9-3-10-18-29)32(27-13-5-1-6-14-27)21-36(38)37-22-33(28-15-7-2-8-16-28)35(24-39(37)40)30-19-11-4-12-20-30/h1-24H. The van der Waals surface area contributed by atoms with Crippen LogP contribution in [0.4, 0.5) is 0 Å². The van der Waals surface area contributed by atoms with Gasteiger partial charge in [-0.2, -0.15) is 10.5 Å². The monoisotopic (exact) mass is 532 g/mol. The summed E-state index contributed by atoms with van der Waals surface area (Å²) in [7, 11) is 0. The van der Waals surface area contributed by atoms with Gasteiger partial charge in [-0.15, -0.1) is 0 Å². The molecule has 7 rings (SSSR count). The second-order valence-corrected chi connectivity index (χ2v) is 10.3. The summed E-state index contributed by atoms with van der Waals surface area (Å²) in [4.78, 5) is 0. The Morgan fingerprint density at radius 3 is 0.857 bits per heavy atom. The number of rotatable bonds is 4. The Kier molecular flexibility index (Phi) is 6.29. The molecule has 0 saturated heterocycles. The maximum absolute atomic E-state index is 10.1. The Labute approximate surface area is 245 Å². The third-order valence-corrected chi connectivity index (χ3v) is 7.96. The number of hydrogen-bond acceptors (Lipinski definition) is 2. The van der Waals surface area contributed by atoms with Gasteiger partial charge in [-0.3, -0.25) is 0 Å². The fraction of sp³-hybridized carbons (Fsp3) is 0. The second kappa shape index (κ2) is 10.5. The van der Waals surface area contributed by atoms with E-state index in [-0.39, 0.29) is 5.57 Å². The zero-order chi connectivity index (χ0) is 28.5. The van der Waals surface area contributed by atoms with E-state index in [1.54, 1.807) is 0 Å². The largest absolute Gasteiger partial charge is 0.192 e. The molecule has 6 aromatic rings. The van der Waals surface area contributed by atoms with Gasteiger partial charge in [-0.1, -0.05) is 121 Å². The Hall–Kier alpha value is -5.96. The summed E-state index contributed by atoms with van der Waals surface area (Å²) in [5.74, 6) is 0. The second-order valence-electron chi connectivity index (χ2n) is 10.3. The first-order chi connectivity index (χ1) is 20.8. The van der Waals surface area contributed by atoms with E-state index in [0.29, 0.717) is 5.57 Å². The zero-order valence-electron chi connectivity index (χ0n) is 22.8. The molecule has 42 heavy (non-hydrogen) atoms. The van der Waals surface area contributed by atoms with Gasteiger partial charge in [-0.05, 0) is 91.0 Å². The number of allylic oxidation sites excluding steroid dienone is 1. The molecule has 2 nitrogen and oxygen atoms in total. The SMILES string of the molecule is N#CC(C#N)=C1c2cc(-c3ccccc3)c(-c3ccccc3)cc2-c2cc(-c3ccccc3)c(-c3ccccc3)cc21. The topological polar surface area (TPSA) is 47.6 Å². The van der Waals surface area contributed by atoms with Crippen molar-refractivity contribution in [2.45, 2.75) is 0 Å². The molecule has 1 aliphatic rings. The first kappa shape index (κ1) is 25.0. The highest BCUT2D eigenvalue weighted by molar-refractivity contribution is 6.09. The van der Waals surface area contributed by atoms with Crippen LogP contribution >= 0.6 is 0 Å². The molecule has 0 radical (unpaired) electrons. The van der Waals surface area contributed by atoms with Crippen LogP contribution in [0.2, 0.25) is 0 Å². The summed E-state index contributed by atoms with van der Waals surface area (Å²) in [5, 5.41) is 20.3. The number of nitriles is 2. The number of hydrogen-bond donors (Lipinski definition) is 0. The average molecular weight is 533 g/mol. The molecule has 194 valence electrons. The molecule has 0 unspecified atom stereocenters. The minimum atomic E-state index is 0.118. The van der Waals surface area contributed by atoms with Gasteiger partial charge in [0, 0.05) is 5.57 Å². The summed E-state index contributed by atoms with van der Waals surface area (Å²) in [6.45, 7) is 0. The lowest BCUT2D eigenvalue weighted by Crippen LogP contribution is -1.92. The van der Waals surface area contributed by atoms with Crippen LogP contribution in [0.25, 0.3) is 61.2 Å². The molecule has 0 amide bonds. The van der Waals surface area contributed by atoms with Crippen molar-refractivity contribution in [2.75, 3.05) is 0 Å². The highest BCUT2D eigenvalue weighted by atomic mass is 14.4. The Balaban J connectivity index is 1.60. The third-order valence-electron chi connectivity index (χ3n) is 7.96. The summed E-state index contributed by atoms with van der Waals surface area (Å²) >= 11 is 0. The predicted octanol–water partition coefficient (Wildman–Crippen LogP) is 10.2. The van der Waals surface area contributed by atoms with Crippen molar-refractivity contribution in [3.63, 3.8) is 0 Å². The van der Waals surface area contributed by atoms with Gasteiger partial charge >= 0.3 is 0 Å². The molecule has 0 heterocycles. The van der Waals surface area contributed by atoms with E-state index in [1.165, 1.54) is 0 Å². The summed E-state index contributed by atoms with van der Waals surface area (Å²) < 4.78 is 0. The van der Waals surface area contributed by atoms with Gasteiger partial charge in [0.2, 0.25) is 0 Å². The molecule has 0 aromatic heterocycles. The van der Waals surface area contributed by atoms with Gasteiger partial charge in [0.15, 0.2) is 0 Å². The van der Waals surface area contributed by atoms with Gasteiger partial charge in [0.1, 0.15) is 17.7 Å². The van der Waals surface area contributed by atoms with Crippen molar-refractivity contribution in [3.8, 4) is 67.8 Å². The van der Waals surface area contributed by atoms with E-state index in [4.69, 9.17) is 0 Å². The van der Waals surface area contributed by atoms with Crippen molar-refractivity contribution in [2.24, 2.45) is 0 Å². The van der Waals surface area contributed by atoms with Crippen LogP contribution in [0.3, 0.4) is 0 Å². The van der Waals surface area contributed by atoms with Crippen molar-refractivity contribution in [1.82, 2.24) is 0 Å². The summed E-state index contributed by atoms with van der Waals surface area (Å²) in [6.07, 6.45) is 0. The normalized spacial score (nSPS) is 11.2. The smallest absolute Gasteiger partial charge is 0.138 e. The third kappa shape index (κ3) is 4.20. The van der Waals surface area contributed by atoms with E-state index < -0.39 is 0 Å². The zero-order valence-corrected chi connectivity index (χ0v) is 22.8. The highest BCUT2D eigenvalue weighted by Gasteiger charge is 2.30. The Morgan fingerprint density at radius 2 is 0.595 bits per heavy atom. The van der Waals surface area contributed by atoms with Gasteiger partial charge in [-0.25, -0.2) is 0 Å². The van der Waals surface area contributed by atoms with E-state index in [1.807, 2.05) is 48.5 Å². The Morgan fingerprint density at radius 1 is 0.333 bits per heavy atom. The van der Waals surface area contributed by atoms with Gasteiger partial charge in [0.05, 0.1) is 0 Å². The van der Waals surface area contributed by atoms with Crippen LogP contribution < -0.4 is 0 Å². The van der Waals surface area contributed by atoms with Crippen LogP contribution in [0.15, 0.2) is 151 Å². The van der Waals surface area contributed by atoms with Crippen molar-refractivity contribution in [1.29, 1.82) is 10.5 Å².